The molecule has 0 aromatic carbocycles. The third-order valence-corrected chi connectivity index (χ3v) is 10.6. The molecule has 0 bridgehead atoms. The van der Waals surface area contributed by atoms with Crippen LogP contribution in [0.4, 0.5) is 5.00 Å². The molecule has 34 heavy (non-hydrogen) atoms. The number of sulfonamides is 1. The fourth-order valence-electron chi connectivity index (χ4n) is 4.22. The van der Waals surface area contributed by atoms with Crippen molar-refractivity contribution in [1.82, 2.24) is 9.21 Å². The van der Waals surface area contributed by atoms with Gasteiger partial charge in [-0.2, -0.15) is 4.31 Å². The number of nitrogens with one attached hydrogen (secondary N) is 1. The summed E-state index contributed by atoms with van der Waals surface area (Å²) in [7, 11) is -3.88. The summed E-state index contributed by atoms with van der Waals surface area (Å²) in [6.45, 7) is 4.40. The van der Waals surface area contributed by atoms with Gasteiger partial charge in [0.05, 0.1) is 23.1 Å². The van der Waals surface area contributed by atoms with Crippen LogP contribution in [0.5, 0.6) is 0 Å². The van der Waals surface area contributed by atoms with Crippen molar-refractivity contribution < 1.29 is 27.5 Å². The van der Waals surface area contributed by atoms with Crippen molar-refractivity contribution in [2.45, 2.75) is 49.9 Å². The van der Waals surface area contributed by atoms with E-state index in [1.54, 1.807) is 11.8 Å². The highest BCUT2D eigenvalue weighted by molar-refractivity contribution is 7.91. The van der Waals surface area contributed by atoms with Gasteiger partial charge < -0.3 is 15.0 Å². The minimum atomic E-state index is -3.88. The van der Waals surface area contributed by atoms with Gasteiger partial charge in [0, 0.05) is 24.9 Å². The van der Waals surface area contributed by atoms with Crippen LogP contribution in [-0.2, 0) is 37.3 Å². The lowest BCUT2D eigenvalue weighted by atomic mass is 10.0. The predicted molar refractivity (Wildman–Crippen MR) is 130 cm³/mol. The Morgan fingerprint density at radius 3 is 2.65 bits per heavy atom. The summed E-state index contributed by atoms with van der Waals surface area (Å²) >= 11 is 8.09. The molecule has 1 atom stereocenters. The molecule has 4 rings (SSSR count). The number of hydrogen-bond donors (Lipinski definition) is 1. The largest absolute Gasteiger partial charge is 0.462 e. The van der Waals surface area contributed by atoms with Gasteiger partial charge in [-0.25, -0.2) is 13.2 Å². The number of rotatable bonds is 6. The Kier molecular flexibility index (Phi) is 7.34. The molecule has 2 aliphatic heterocycles. The van der Waals surface area contributed by atoms with Crippen LogP contribution in [0.3, 0.4) is 0 Å². The summed E-state index contributed by atoms with van der Waals surface area (Å²) in [6.07, 6.45) is 1.37. The molecule has 184 valence electrons. The molecule has 2 aliphatic rings. The minimum absolute atomic E-state index is 0.0668. The summed E-state index contributed by atoms with van der Waals surface area (Å²) in [5, 5.41) is 3.12. The first-order valence-corrected chi connectivity index (χ1v) is 14.2. The highest BCUT2D eigenvalue weighted by atomic mass is 35.5. The fourth-order valence-corrected chi connectivity index (χ4v) is 8.74. The van der Waals surface area contributed by atoms with Crippen LogP contribution in [0, 0.1) is 0 Å². The number of halogens is 1. The number of carbonyl (C=O) groups is 3. The van der Waals surface area contributed by atoms with Crippen molar-refractivity contribution in [2.75, 3.05) is 25.0 Å². The van der Waals surface area contributed by atoms with Gasteiger partial charge in [0.2, 0.25) is 11.8 Å². The predicted octanol–water partition coefficient (Wildman–Crippen LogP) is 3.34. The lowest BCUT2D eigenvalue weighted by Crippen LogP contribution is -2.42. The summed E-state index contributed by atoms with van der Waals surface area (Å²) in [4.78, 5) is 40.4. The Bertz CT molecular complexity index is 1240. The number of fused-ring (bicyclic) bond motifs is 1. The van der Waals surface area contributed by atoms with E-state index in [-0.39, 0.29) is 28.8 Å². The first-order valence-electron chi connectivity index (χ1n) is 10.8. The van der Waals surface area contributed by atoms with Gasteiger partial charge in [0.1, 0.15) is 15.3 Å². The zero-order valence-electron chi connectivity index (χ0n) is 18.6. The van der Waals surface area contributed by atoms with Crippen LogP contribution in [0.2, 0.25) is 4.34 Å². The molecule has 4 heterocycles. The molecule has 13 heteroatoms. The second kappa shape index (κ2) is 9.94. The molecule has 2 amide bonds. The van der Waals surface area contributed by atoms with E-state index in [1.165, 1.54) is 34.7 Å². The summed E-state index contributed by atoms with van der Waals surface area (Å²) in [5.74, 6) is -1.12. The van der Waals surface area contributed by atoms with Gasteiger partial charge in [0.25, 0.3) is 10.0 Å². The number of nitrogens with zero attached hydrogens (tertiary/aromatic N) is 2. The number of anilines is 1. The van der Waals surface area contributed by atoms with Crippen molar-refractivity contribution in [1.29, 1.82) is 0 Å². The fraction of sp³-hybridized carbons (Fsp3) is 0.476. The molecule has 9 nitrogen and oxygen atoms in total. The molecule has 1 fully saturated rings. The standard InChI is InChI=1S/C21H24ClN3O6S3/c1-3-31-21(28)18-13-8-10-24(12(2)26)11-15(13)32-20(18)23-19(27)14-5-4-9-25(14)34(29,30)17-7-6-16(22)33-17/h6-7,14H,3-5,8-11H2,1-2H3,(H,23,27). The van der Waals surface area contributed by atoms with Crippen LogP contribution in [-0.4, -0.2) is 61.1 Å². The normalized spacial score (nSPS) is 18.6. The average molecular weight is 546 g/mol. The van der Waals surface area contributed by atoms with Crippen LogP contribution in [0.1, 0.15) is 47.5 Å². The summed E-state index contributed by atoms with van der Waals surface area (Å²) in [6, 6.07) is 2.03. The maximum Gasteiger partial charge on any atom is 0.341 e. The van der Waals surface area contributed by atoms with E-state index in [0.29, 0.717) is 41.7 Å². The molecule has 1 N–H and O–H groups in total. The lowest BCUT2D eigenvalue weighted by Gasteiger charge is -2.25. The first kappa shape index (κ1) is 25.1. The van der Waals surface area contributed by atoms with Gasteiger partial charge in [-0.1, -0.05) is 11.6 Å². The zero-order valence-corrected chi connectivity index (χ0v) is 21.8. The van der Waals surface area contributed by atoms with E-state index in [9.17, 15) is 22.8 Å². The number of esters is 1. The van der Waals surface area contributed by atoms with Crippen molar-refractivity contribution in [2.24, 2.45) is 0 Å². The van der Waals surface area contributed by atoms with Crippen molar-refractivity contribution in [3.63, 3.8) is 0 Å². The molecule has 0 radical (unpaired) electrons. The Morgan fingerprint density at radius 1 is 1.24 bits per heavy atom. The molecule has 0 saturated carbocycles. The molecular formula is C21H24ClN3O6S3. The molecular weight excluding hydrogens is 522 g/mol. The number of hydrogen-bond acceptors (Lipinski definition) is 8. The van der Waals surface area contributed by atoms with Crippen molar-refractivity contribution >= 4 is 67.1 Å². The molecule has 0 aliphatic carbocycles. The highest BCUT2D eigenvalue weighted by Crippen LogP contribution is 2.39. The quantitative estimate of drug-likeness (QED) is 0.557. The van der Waals surface area contributed by atoms with Gasteiger partial charge in [-0.3, -0.25) is 9.59 Å². The van der Waals surface area contributed by atoms with Crippen LogP contribution in [0.25, 0.3) is 0 Å². The maximum atomic E-state index is 13.3. The van der Waals surface area contributed by atoms with Crippen molar-refractivity contribution in [3.05, 3.63) is 32.5 Å². The molecule has 1 unspecified atom stereocenters. The third-order valence-electron chi connectivity index (χ3n) is 5.84. The second-order valence-electron chi connectivity index (χ2n) is 7.94. The van der Waals surface area contributed by atoms with E-state index in [1.807, 2.05) is 0 Å². The van der Waals surface area contributed by atoms with E-state index in [2.05, 4.69) is 5.32 Å². The Balaban J connectivity index is 1.62. The Labute approximate surface area is 210 Å². The van der Waals surface area contributed by atoms with Crippen LogP contribution >= 0.6 is 34.3 Å². The average Bonchev–Trinajstić information content (AvgIpc) is 3.51. The molecule has 1 saturated heterocycles. The zero-order chi connectivity index (χ0) is 24.6. The summed E-state index contributed by atoms with van der Waals surface area (Å²) < 4.78 is 33.1. The van der Waals surface area contributed by atoms with E-state index in [0.717, 1.165) is 21.8 Å². The molecule has 0 spiro atoms. The summed E-state index contributed by atoms with van der Waals surface area (Å²) in [5.41, 5.74) is 1.05. The Morgan fingerprint density at radius 2 is 2.00 bits per heavy atom. The second-order valence-corrected chi connectivity index (χ2v) is 12.9. The van der Waals surface area contributed by atoms with E-state index >= 15 is 0 Å². The van der Waals surface area contributed by atoms with Gasteiger partial charge >= 0.3 is 5.97 Å². The van der Waals surface area contributed by atoms with Crippen LogP contribution < -0.4 is 5.32 Å². The number of carbonyl (C=O) groups excluding carboxylic acids is 3. The van der Waals surface area contributed by atoms with Gasteiger partial charge in [-0.15, -0.1) is 22.7 Å². The smallest absolute Gasteiger partial charge is 0.341 e. The lowest BCUT2D eigenvalue weighted by molar-refractivity contribution is -0.129. The number of thiophene rings is 2. The Hall–Kier alpha value is -1.99. The van der Waals surface area contributed by atoms with Gasteiger partial charge in [0.15, 0.2) is 0 Å². The molecule has 2 aromatic heterocycles. The maximum absolute atomic E-state index is 13.3. The molecule has 2 aromatic rings. The van der Waals surface area contributed by atoms with Gasteiger partial charge in [-0.05, 0) is 43.9 Å². The van der Waals surface area contributed by atoms with E-state index in [4.69, 9.17) is 16.3 Å². The monoisotopic (exact) mass is 545 g/mol. The van der Waals surface area contributed by atoms with E-state index < -0.39 is 27.9 Å². The minimum Gasteiger partial charge on any atom is -0.462 e. The van der Waals surface area contributed by atoms with Crippen LogP contribution in [0.15, 0.2) is 16.3 Å². The topological polar surface area (TPSA) is 113 Å². The number of amides is 2. The highest BCUT2D eigenvalue weighted by Gasteiger charge is 2.41. The SMILES string of the molecule is CCOC(=O)c1c(NC(=O)C2CCCN2S(=O)(=O)c2ccc(Cl)s2)sc2c1CCN(C(C)=O)C2. The first-order chi connectivity index (χ1) is 16.1. The van der Waals surface area contributed by atoms with Crippen molar-refractivity contribution in [3.8, 4) is 0 Å². The number of ether oxygens (including phenoxy) is 1. The third kappa shape index (κ3) is 4.74.